The molecule has 112 valence electrons. The fourth-order valence-electron chi connectivity index (χ4n) is 2.95. The third-order valence-electron chi connectivity index (χ3n) is 4.15. The van der Waals surface area contributed by atoms with E-state index in [0.717, 1.165) is 16.9 Å². The number of carbonyl (C=O) groups excluding carboxylic acids is 1. The lowest BCUT2D eigenvalue weighted by Crippen LogP contribution is -2.53. The topological polar surface area (TPSA) is 29.5 Å². The zero-order chi connectivity index (χ0) is 15.5. The first-order chi connectivity index (χ1) is 10.7. The van der Waals surface area contributed by atoms with E-state index in [1.807, 2.05) is 47.4 Å². The molecule has 1 saturated heterocycles. The summed E-state index contributed by atoms with van der Waals surface area (Å²) in [6, 6.07) is 18.0. The van der Waals surface area contributed by atoms with Crippen molar-refractivity contribution in [1.29, 1.82) is 0 Å². The van der Waals surface area contributed by atoms with Gasteiger partial charge < -0.3 is 9.64 Å². The summed E-state index contributed by atoms with van der Waals surface area (Å²) in [5, 5.41) is 0. The average molecular weight is 293 g/mol. The summed E-state index contributed by atoms with van der Waals surface area (Å²) in [6.07, 6.45) is 1.75. The third kappa shape index (κ3) is 2.50. The Morgan fingerprint density at radius 1 is 1.14 bits per heavy atom. The Morgan fingerprint density at radius 2 is 1.82 bits per heavy atom. The third-order valence-corrected chi connectivity index (χ3v) is 4.15. The van der Waals surface area contributed by atoms with E-state index in [1.165, 1.54) is 0 Å². The Hall–Kier alpha value is -2.55. The maximum Gasteiger partial charge on any atom is 0.232 e. The molecule has 2 aromatic rings. The zero-order valence-electron chi connectivity index (χ0n) is 12.6. The van der Waals surface area contributed by atoms with Gasteiger partial charge in [-0.15, -0.1) is 6.58 Å². The Bertz CT molecular complexity index is 664. The van der Waals surface area contributed by atoms with Crippen molar-refractivity contribution in [2.75, 3.05) is 7.11 Å². The van der Waals surface area contributed by atoms with Crippen LogP contribution in [-0.2, 0) is 11.3 Å². The van der Waals surface area contributed by atoms with E-state index in [1.54, 1.807) is 13.2 Å². The van der Waals surface area contributed by atoms with E-state index in [9.17, 15) is 4.79 Å². The van der Waals surface area contributed by atoms with Gasteiger partial charge in [-0.3, -0.25) is 4.79 Å². The van der Waals surface area contributed by atoms with Crippen LogP contribution in [0.2, 0.25) is 0 Å². The number of likely N-dealkylation sites (tertiary alicyclic amines) is 1. The molecular formula is C19H19NO2. The van der Waals surface area contributed by atoms with Gasteiger partial charge in [-0.1, -0.05) is 48.5 Å². The van der Waals surface area contributed by atoms with Gasteiger partial charge in [-0.05, 0) is 23.3 Å². The highest BCUT2D eigenvalue weighted by atomic mass is 16.5. The Kier molecular flexibility index (Phi) is 3.96. The number of methoxy groups -OCH3 is 1. The molecule has 0 unspecified atom stereocenters. The molecule has 1 heterocycles. The van der Waals surface area contributed by atoms with Crippen LogP contribution in [0.1, 0.15) is 17.2 Å². The molecule has 2 aromatic carbocycles. The van der Waals surface area contributed by atoms with Crippen LogP contribution in [0.4, 0.5) is 0 Å². The summed E-state index contributed by atoms with van der Waals surface area (Å²) in [7, 11) is 1.65. The standard InChI is InChI=1S/C19H19NO2/c1-3-17-18(15-7-5-4-6-8-15)20(19(17)21)13-14-9-11-16(22-2)12-10-14/h3-12,17-18H,1,13H2,2H3/t17-,18-/m1/s1. The predicted molar refractivity (Wildman–Crippen MR) is 86.4 cm³/mol. The van der Waals surface area contributed by atoms with Crippen molar-refractivity contribution in [1.82, 2.24) is 4.90 Å². The molecular weight excluding hydrogens is 274 g/mol. The van der Waals surface area contributed by atoms with Gasteiger partial charge in [0.05, 0.1) is 19.1 Å². The summed E-state index contributed by atoms with van der Waals surface area (Å²) in [5.74, 6) is 0.836. The highest BCUT2D eigenvalue weighted by molar-refractivity contribution is 5.88. The second kappa shape index (κ2) is 6.06. The summed E-state index contributed by atoms with van der Waals surface area (Å²) in [4.78, 5) is 14.2. The van der Waals surface area contributed by atoms with Crippen molar-refractivity contribution in [3.63, 3.8) is 0 Å². The van der Waals surface area contributed by atoms with Gasteiger partial charge in [0, 0.05) is 6.54 Å². The molecule has 3 nitrogen and oxygen atoms in total. The largest absolute Gasteiger partial charge is 0.497 e. The molecule has 0 bridgehead atoms. The first-order valence-electron chi connectivity index (χ1n) is 7.35. The van der Waals surface area contributed by atoms with Gasteiger partial charge in [-0.25, -0.2) is 0 Å². The second-order valence-corrected chi connectivity index (χ2v) is 5.43. The summed E-state index contributed by atoms with van der Waals surface area (Å²) in [6.45, 7) is 4.41. The van der Waals surface area contributed by atoms with Crippen molar-refractivity contribution >= 4 is 5.91 Å². The van der Waals surface area contributed by atoms with Crippen molar-refractivity contribution in [2.24, 2.45) is 5.92 Å². The van der Waals surface area contributed by atoms with Gasteiger partial charge in [0.25, 0.3) is 0 Å². The first-order valence-corrected chi connectivity index (χ1v) is 7.35. The molecule has 1 amide bonds. The predicted octanol–water partition coefficient (Wildman–Crippen LogP) is 3.58. The van der Waals surface area contributed by atoms with Crippen LogP contribution in [0.15, 0.2) is 67.3 Å². The van der Waals surface area contributed by atoms with Gasteiger partial charge in [0.2, 0.25) is 5.91 Å². The summed E-state index contributed by atoms with van der Waals surface area (Å²) >= 11 is 0. The van der Waals surface area contributed by atoms with E-state index in [0.29, 0.717) is 6.54 Å². The number of rotatable bonds is 5. The minimum Gasteiger partial charge on any atom is -0.497 e. The van der Waals surface area contributed by atoms with Crippen LogP contribution < -0.4 is 4.74 Å². The summed E-state index contributed by atoms with van der Waals surface area (Å²) in [5.41, 5.74) is 2.25. The highest BCUT2D eigenvalue weighted by Gasteiger charge is 2.45. The first kappa shape index (κ1) is 14.4. The molecule has 1 fully saturated rings. The van der Waals surface area contributed by atoms with E-state index in [2.05, 4.69) is 18.7 Å². The fourth-order valence-corrected chi connectivity index (χ4v) is 2.95. The normalized spacial score (nSPS) is 20.4. The number of carbonyl (C=O) groups is 1. The Morgan fingerprint density at radius 3 is 2.41 bits per heavy atom. The van der Waals surface area contributed by atoms with Gasteiger partial charge in [-0.2, -0.15) is 0 Å². The van der Waals surface area contributed by atoms with Gasteiger partial charge in [0.15, 0.2) is 0 Å². The van der Waals surface area contributed by atoms with E-state index >= 15 is 0 Å². The minimum absolute atomic E-state index is 0.0771. The lowest BCUT2D eigenvalue weighted by Gasteiger charge is -2.46. The molecule has 3 rings (SSSR count). The molecule has 0 saturated carbocycles. The number of ether oxygens (including phenoxy) is 1. The number of hydrogen-bond donors (Lipinski definition) is 0. The van der Waals surface area contributed by atoms with Gasteiger partial charge >= 0.3 is 0 Å². The van der Waals surface area contributed by atoms with Gasteiger partial charge in [0.1, 0.15) is 5.75 Å². The van der Waals surface area contributed by atoms with E-state index in [4.69, 9.17) is 4.74 Å². The summed E-state index contributed by atoms with van der Waals surface area (Å²) < 4.78 is 5.17. The van der Waals surface area contributed by atoms with Crippen LogP contribution in [0, 0.1) is 5.92 Å². The quantitative estimate of drug-likeness (QED) is 0.623. The molecule has 3 heteroatoms. The molecule has 22 heavy (non-hydrogen) atoms. The molecule has 2 atom stereocenters. The molecule has 0 aliphatic carbocycles. The SMILES string of the molecule is C=C[C@H]1C(=O)N(Cc2ccc(OC)cc2)[C@@H]1c1ccccc1. The number of nitrogens with zero attached hydrogens (tertiary/aromatic N) is 1. The van der Waals surface area contributed by atoms with Crippen LogP contribution in [0.25, 0.3) is 0 Å². The van der Waals surface area contributed by atoms with E-state index in [-0.39, 0.29) is 17.9 Å². The fraction of sp³-hybridized carbons (Fsp3) is 0.211. The Labute approximate surface area is 130 Å². The van der Waals surface area contributed by atoms with Crippen LogP contribution >= 0.6 is 0 Å². The number of hydrogen-bond acceptors (Lipinski definition) is 2. The monoisotopic (exact) mass is 293 g/mol. The highest BCUT2D eigenvalue weighted by Crippen LogP contribution is 2.41. The van der Waals surface area contributed by atoms with Crippen molar-refractivity contribution in [3.05, 3.63) is 78.4 Å². The minimum atomic E-state index is -0.124. The smallest absolute Gasteiger partial charge is 0.232 e. The second-order valence-electron chi connectivity index (χ2n) is 5.43. The van der Waals surface area contributed by atoms with Crippen molar-refractivity contribution in [3.8, 4) is 5.75 Å². The number of benzene rings is 2. The molecule has 0 radical (unpaired) electrons. The average Bonchev–Trinajstić information content (AvgIpc) is 2.58. The molecule has 0 spiro atoms. The molecule has 1 aliphatic rings. The number of amides is 1. The molecule has 1 aliphatic heterocycles. The van der Waals surface area contributed by atoms with E-state index < -0.39 is 0 Å². The van der Waals surface area contributed by atoms with Crippen LogP contribution in [0.3, 0.4) is 0 Å². The molecule has 0 N–H and O–H groups in total. The maximum absolute atomic E-state index is 12.3. The Balaban J connectivity index is 1.81. The molecule has 0 aromatic heterocycles. The number of β-lactam (4-membered cyclic amide) rings is 1. The van der Waals surface area contributed by atoms with Crippen LogP contribution in [-0.4, -0.2) is 17.9 Å². The lowest BCUT2D eigenvalue weighted by molar-refractivity contribution is -0.154. The van der Waals surface area contributed by atoms with Crippen molar-refractivity contribution in [2.45, 2.75) is 12.6 Å². The van der Waals surface area contributed by atoms with Crippen molar-refractivity contribution < 1.29 is 9.53 Å². The lowest BCUT2D eigenvalue weighted by atomic mass is 9.82. The zero-order valence-corrected chi connectivity index (χ0v) is 12.6. The van der Waals surface area contributed by atoms with Crippen LogP contribution in [0.5, 0.6) is 5.75 Å². The maximum atomic E-state index is 12.3.